The van der Waals surface area contributed by atoms with Crippen molar-refractivity contribution in [2.75, 3.05) is 0 Å². The SMILES string of the molecule is O=C(OCc1ccccc1)c1ccc(OC(=O)c2cccnc2)cc1. The zero-order valence-corrected chi connectivity index (χ0v) is 13.3. The molecule has 0 radical (unpaired) electrons. The molecule has 0 unspecified atom stereocenters. The molecular weight excluding hydrogens is 318 g/mol. The number of ether oxygens (including phenoxy) is 2. The fraction of sp³-hybridized carbons (Fsp3) is 0.0500. The number of benzene rings is 2. The predicted molar refractivity (Wildman–Crippen MR) is 91.2 cm³/mol. The number of pyridine rings is 1. The van der Waals surface area contributed by atoms with Crippen LogP contribution in [0.5, 0.6) is 5.75 Å². The Kier molecular flexibility index (Phi) is 5.16. The summed E-state index contributed by atoms with van der Waals surface area (Å²) in [5, 5.41) is 0. The monoisotopic (exact) mass is 333 g/mol. The van der Waals surface area contributed by atoms with E-state index in [9.17, 15) is 9.59 Å². The van der Waals surface area contributed by atoms with Gasteiger partial charge in [-0.05, 0) is 42.0 Å². The Morgan fingerprint density at radius 2 is 1.56 bits per heavy atom. The summed E-state index contributed by atoms with van der Waals surface area (Å²) in [7, 11) is 0. The van der Waals surface area contributed by atoms with E-state index in [0.29, 0.717) is 16.9 Å². The minimum absolute atomic E-state index is 0.206. The van der Waals surface area contributed by atoms with Gasteiger partial charge in [-0.25, -0.2) is 9.59 Å². The van der Waals surface area contributed by atoms with Crippen molar-refractivity contribution >= 4 is 11.9 Å². The maximum atomic E-state index is 12.0. The van der Waals surface area contributed by atoms with E-state index in [2.05, 4.69) is 4.98 Å². The molecule has 1 aromatic heterocycles. The first-order valence-corrected chi connectivity index (χ1v) is 7.66. The molecule has 5 heteroatoms. The minimum Gasteiger partial charge on any atom is -0.457 e. The lowest BCUT2D eigenvalue weighted by molar-refractivity contribution is 0.0472. The van der Waals surface area contributed by atoms with Crippen molar-refractivity contribution in [1.82, 2.24) is 4.98 Å². The zero-order chi connectivity index (χ0) is 17.5. The number of rotatable bonds is 5. The molecule has 0 saturated heterocycles. The maximum Gasteiger partial charge on any atom is 0.345 e. The van der Waals surface area contributed by atoms with Crippen LogP contribution < -0.4 is 4.74 Å². The van der Waals surface area contributed by atoms with E-state index in [1.165, 1.54) is 6.20 Å². The molecule has 0 fully saturated rings. The van der Waals surface area contributed by atoms with Crippen molar-refractivity contribution in [2.45, 2.75) is 6.61 Å². The van der Waals surface area contributed by atoms with Crippen LogP contribution in [0.15, 0.2) is 79.1 Å². The second kappa shape index (κ2) is 7.88. The Morgan fingerprint density at radius 3 is 2.24 bits per heavy atom. The van der Waals surface area contributed by atoms with Crippen LogP contribution in [-0.4, -0.2) is 16.9 Å². The summed E-state index contributed by atoms with van der Waals surface area (Å²) in [5.74, 6) is -0.602. The highest BCUT2D eigenvalue weighted by Gasteiger charge is 2.11. The Labute approximate surface area is 144 Å². The van der Waals surface area contributed by atoms with Gasteiger partial charge in [-0.1, -0.05) is 30.3 Å². The van der Waals surface area contributed by atoms with Crippen LogP contribution in [0, 0.1) is 0 Å². The Hall–Kier alpha value is -3.47. The Bertz CT molecular complexity index is 846. The van der Waals surface area contributed by atoms with Gasteiger partial charge in [0.2, 0.25) is 0 Å². The summed E-state index contributed by atoms with van der Waals surface area (Å²) in [4.78, 5) is 27.8. The summed E-state index contributed by atoms with van der Waals surface area (Å²) in [5.41, 5.74) is 1.66. The molecule has 0 amide bonds. The predicted octanol–water partition coefficient (Wildman–Crippen LogP) is 3.66. The fourth-order valence-electron chi connectivity index (χ4n) is 2.11. The quantitative estimate of drug-likeness (QED) is 0.527. The van der Waals surface area contributed by atoms with Gasteiger partial charge in [-0.3, -0.25) is 4.98 Å². The molecule has 2 aromatic carbocycles. The minimum atomic E-state index is -0.507. The summed E-state index contributed by atoms with van der Waals surface area (Å²) in [6, 6.07) is 18.9. The van der Waals surface area contributed by atoms with Crippen LogP contribution in [0.3, 0.4) is 0 Å². The molecule has 0 saturated carbocycles. The van der Waals surface area contributed by atoms with Crippen molar-refractivity contribution in [3.05, 3.63) is 95.8 Å². The van der Waals surface area contributed by atoms with Gasteiger partial charge in [0.15, 0.2) is 0 Å². The van der Waals surface area contributed by atoms with E-state index in [0.717, 1.165) is 5.56 Å². The second-order valence-corrected chi connectivity index (χ2v) is 5.22. The van der Waals surface area contributed by atoms with E-state index < -0.39 is 11.9 Å². The van der Waals surface area contributed by atoms with Crippen molar-refractivity contribution < 1.29 is 19.1 Å². The standard InChI is InChI=1S/C20H15NO4/c22-19(24-14-15-5-2-1-3-6-15)16-8-10-18(11-9-16)25-20(23)17-7-4-12-21-13-17/h1-13H,14H2. The Balaban J connectivity index is 1.58. The molecule has 1 heterocycles. The van der Waals surface area contributed by atoms with Crippen LogP contribution in [-0.2, 0) is 11.3 Å². The lowest BCUT2D eigenvalue weighted by Crippen LogP contribution is -2.09. The molecule has 5 nitrogen and oxygen atoms in total. The first-order valence-electron chi connectivity index (χ1n) is 7.66. The Morgan fingerprint density at radius 1 is 0.800 bits per heavy atom. The highest BCUT2D eigenvalue weighted by molar-refractivity contribution is 5.91. The van der Waals surface area contributed by atoms with Gasteiger partial charge in [0, 0.05) is 12.4 Å². The summed E-state index contributed by atoms with van der Waals surface area (Å²) in [6.45, 7) is 0.206. The van der Waals surface area contributed by atoms with Gasteiger partial charge in [0.25, 0.3) is 0 Å². The van der Waals surface area contributed by atoms with E-state index in [4.69, 9.17) is 9.47 Å². The fourth-order valence-corrected chi connectivity index (χ4v) is 2.11. The molecule has 0 aliphatic heterocycles. The first kappa shape index (κ1) is 16.4. The average molecular weight is 333 g/mol. The topological polar surface area (TPSA) is 65.5 Å². The summed E-state index contributed by atoms with van der Waals surface area (Å²) >= 11 is 0. The van der Waals surface area contributed by atoms with Crippen LogP contribution in [0.2, 0.25) is 0 Å². The smallest absolute Gasteiger partial charge is 0.345 e. The van der Waals surface area contributed by atoms with Crippen molar-refractivity contribution in [1.29, 1.82) is 0 Å². The van der Waals surface area contributed by atoms with Gasteiger partial charge in [0.1, 0.15) is 12.4 Å². The van der Waals surface area contributed by atoms with Crippen molar-refractivity contribution in [3.8, 4) is 5.75 Å². The first-order chi connectivity index (χ1) is 12.2. The van der Waals surface area contributed by atoms with Gasteiger partial charge in [-0.2, -0.15) is 0 Å². The van der Waals surface area contributed by atoms with E-state index in [1.54, 1.807) is 42.6 Å². The number of nitrogens with zero attached hydrogens (tertiary/aromatic N) is 1. The molecule has 0 N–H and O–H groups in total. The highest BCUT2D eigenvalue weighted by Crippen LogP contribution is 2.15. The number of carbonyl (C=O) groups is 2. The maximum absolute atomic E-state index is 12.0. The van der Waals surface area contributed by atoms with Crippen LogP contribution in [0.4, 0.5) is 0 Å². The third kappa shape index (κ3) is 4.51. The van der Waals surface area contributed by atoms with Crippen molar-refractivity contribution in [2.24, 2.45) is 0 Å². The summed E-state index contributed by atoms with van der Waals surface area (Å²) < 4.78 is 10.5. The molecular formula is C20H15NO4. The van der Waals surface area contributed by atoms with Crippen molar-refractivity contribution in [3.63, 3.8) is 0 Å². The molecule has 0 bridgehead atoms. The van der Waals surface area contributed by atoms with E-state index in [-0.39, 0.29) is 6.61 Å². The van der Waals surface area contributed by atoms with Gasteiger partial charge >= 0.3 is 11.9 Å². The van der Waals surface area contributed by atoms with Crippen LogP contribution in [0.1, 0.15) is 26.3 Å². The zero-order valence-electron chi connectivity index (χ0n) is 13.3. The number of hydrogen-bond acceptors (Lipinski definition) is 5. The largest absolute Gasteiger partial charge is 0.457 e. The highest BCUT2D eigenvalue weighted by atomic mass is 16.5. The lowest BCUT2D eigenvalue weighted by atomic mass is 10.2. The molecule has 124 valence electrons. The summed E-state index contributed by atoms with van der Waals surface area (Å²) in [6.07, 6.45) is 3.00. The van der Waals surface area contributed by atoms with Crippen LogP contribution >= 0.6 is 0 Å². The average Bonchev–Trinajstić information content (AvgIpc) is 2.68. The molecule has 0 aliphatic rings. The van der Waals surface area contributed by atoms with Gasteiger partial charge in [0.05, 0.1) is 11.1 Å². The number of aromatic nitrogens is 1. The number of carbonyl (C=O) groups excluding carboxylic acids is 2. The molecule has 3 aromatic rings. The van der Waals surface area contributed by atoms with Gasteiger partial charge < -0.3 is 9.47 Å². The van der Waals surface area contributed by atoms with Crippen LogP contribution in [0.25, 0.3) is 0 Å². The molecule has 25 heavy (non-hydrogen) atoms. The van der Waals surface area contributed by atoms with E-state index >= 15 is 0 Å². The molecule has 0 spiro atoms. The number of esters is 2. The van der Waals surface area contributed by atoms with Gasteiger partial charge in [-0.15, -0.1) is 0 Å². The number of hydrogen-bond donors (Lipinski definition) is 0. The third-order valence-corrected chi connectivity index (χ3v) is 3.41. The third-order valence-electron chi connectivity index (χ3n) is 3.41. The lowest BCUT2D eigenvalue weighted by Gasteiger charge is -2.07. The second-order valence-electron chi connectivity index (χ2n) is 5.22. The van der Waals surface area contributed by atoms with E-state index in [1.807, 2.05) is 30.3 Å². The normalized spacial score (nSPS) is 10.1. The molecule has 0 atom stereocenters. The molecule has 3 rings (SSSR count). The molecule has 0 aliphatic carbocycles.